The quantitative estimate of drug-likeness (QED) is 0.172. The Labute approximate surface area is 246 Å². The number of benzene rings is 1. The molecule has 3 rings (SSSR count). The van der Waals surface area contributed by atoms with E-state index in [1.54, 1.807) is 0 Å². The normalized spacial score (nSPS) is 29.1. The molecule has 2 heterocycles. The Kier molecular flexibility index (Phi) is 15.5. The lowest BCUT2D eigenvalue weighted by molar-refractivity contribution is -0.343. The molecular formula is C35H61NO4. The summed E-state index contributed by atoms with van der Waals surface area (Å²) in [5.74, 6) is 1.54. The van der Waals surface area contributed by atoms with E-state index in [1.165, 1.54) is 83.5 Å². The highest BCUT2D eigenvalue weighted by atomic mass is 16.7. The van der Waals surface area contributed by atoms with Crippen molar-refractivity contribution < 1.29 is 18.9 Å². The van der Waals surface area contributed by atoms with Gasteiger partial charge >= 0.3 is 0 Å². The Morgan fingerprint density at radius 1 is 0.825 bits per heavy atom. The Bertz CT molecular complexity index is 774. The maximum atomic E-state index is 6.64. The highest BCUT2D eigenvalue weighted by molar-refractivity contribution is 5.16. The molecule has 40 heavy (non-hydrogen) atoms. The molecule has 5 nitrogen and oxygen atoms in total. The van der Waals surface area contributed by atoms with E-state index in [4.69, 9.17) is 24.7 Å². The van der Waals surface area contributed by atoms with Gasteiger partial charge < -0.3 is 24.7 Å². The zero-order chi connectivity index (χ0) is 28.7. The van der Waals surface area contributed by atoms with E-state index in [0.717, 1.165) is 5.56 Å². The van der Waals surface area contributed by atoms with Gasteiger partial charge in [0.25, 0.3) is 0 Å². The molecule has 9 atom stereocenters. The van der Waals surface area contributed by atoms with E-state index in [0.29, 0.717) is 31.0 Å². The highest BCUT2D eigenvalue weighted by Gasteiger charge is 2.46. The topological polar surface area (TPSA) is 62.9 Å². The lowest BCUT2D eigenvalue weighted by Gasteiger charge is -2.48. The largest absolute Gasteiger partial charge is 0.351 e. The van der Waals surface area contributed by atoms with Crippen molar-refractivity contribution in [3.05, 3.63) is 35.9 Å². The van der Waals surface area contributed by atoms with Gasteiger partial charge in [-0.15, -0.1) is 0 Å². The van der Waals surface area contributed by atoms with Crippen LogP contribution >= 0.6 is 0 Å². The summed E-state index contributed by atoms with van der Waals surface area (Å²) in [6, 6.07) is 10.2. The third-order valence-corrected chi connectivity index (χ3v) is 9.76. The number of nitrogens with two attached hydrogens (primary N) is 1. The van der Waals surface area contributed by atoms with Crippen molar-refractivity contribution in [1.29, 1.82) is 0 Å². The minimum Gasteiger partial charge on any atom is -0.351 e. The molecule has 2 fully saturated rings. The second kappa shape index (κ2) is 18.5. The first-order chi connectivity index (χ1) is 19.4. The van der Waals surface area contributed by atoms with Crippen LogP contribution in [0.3, 0.4) is 0 Å². The summed E-state index contributed by atoms with van der Waals surface area (Å²) in [4.78, 5) is 0. The van der Waals surface area contributed by atoms with Gasteiger partial charge in [-0.25, -0.2) is 0 Å². The standard InChI is InChI=1S/C35H61NO4/c1-6-7-8-9-10-11-12-13-14-15-16-18-21-26(2)27(3)31(36)24-37-34-29(5)28(4)33-32(39-34)25-38-35(40-33)30-22-19-17-20-23-30/h17,19-20,22-23,26-29,31-35H,6-16,18,21,24-25,36H2,1-5H3/t26-,27-,28-,29?,31+,32?,33-,34+,35?/m1/s1. The molecule has 0 radical (unpaired) electrons. The fraction of sp³-hybridized carbons (Fsp3) is 0.829. The van der Waals surface area contributed by atoms with Crippen LogP contribution in [0.2, 0.25) is 0 Å². The summed E-state index contributed by atoms with van der Waals surface area (Å²) in [5.41, 5.74) is 7.69. The predicted molar refractivity (Wildman–Crippen MR) is 165 cm³/mol. The smallest absolute Gasteiger partial charge is 0.184 e. The van der Waals surface area contributed by atoms with Crippen LogP contribution in [0.5, 0.6) is 0 Å². The first-order valence-corrected chi connectivity index (χ1v) is 16.8. The molecule has 2 aliphatic rings. The fourth-order valence-electron chi connectivity index (χ4n) is 6.30. The molecule has 0 saturated carbocycles. The maximum absolute atomic E-state index is 6.64. The average Bonchev–Trinajstić information content (AvgIpc) is 2.98. The maximum Gasteiger partial charge on any atom is 0.184 e. The molecule has 2 N–H and O–H groups in total. The fourth-order valence-corrected chi connectivity index (χ4v) is 6.30. The Balaban J connectivity index is 1.28. The number of unbranched alkanes of at least 4 members (excludes halogenated alkanes) is 11. The first kappa shape index (κ1) is 33.5. The first-order valence-electron chi connectivity index (χ1n) is 16.8. The lowest BCUT2D eigenvalue weighted by atomic mass is 9.84. The van der Waals surface area contributed by atoms with Gasteiger partial charge in [0, 0.05) is 17.5 Å². The lowest BCUT2D eigenvalue weighted by Crippen LogP contribution is -2.56. The molecule has 0 bridgehead atoms. The number of hydrogen-bond acceptors (Lipinski definition) is 5. The third kappa shape index (κ3) is 10.7. The molecule has 1 aromatic carbocycles. The summed E-state index contributed by atoms with van der Waals surface area (Å²) >= 11 is 0. The van der Waals surface area contributed by atoms with Crippen LogP contribution in [0.1, 0.15) is 130 Å². The van der Waals surface area contributed by atoms with E-state index < -0.39 is 0 Å². The average molecular weight is 560 g/mol. The number of fused-ring (bicyclic) bond motifs is 1. The van der Waals surface area contributed by atoms with Crippen molar-refractivity contribution in [3.8, 4) is 0 Å². The summed E-state index contributed by atoms with van der Waals surface area (Å²) < 4.78 is 25.1. The van der Waals surface area contributed by atoms with E-state index in [2.05, 4.69) is 46.8 Å². The van der Waals surface area contributed by atoms with Crippen molar-refractivity contribution in [2.75, 3.05) is 13.2 Å². The van der Waals surface area contributed by atoms with Gasteiger partial charge in [0.15, 0.2) is 12.6 Å². The molecule has 0 aliphatic carbocycles. The van der Waals surface area contributed by atoms with Crippen molar-refractivity contribution in [1.82, 2.24) is 0 Å². The van der Waals surface area contributed by atoms with Crippen molar-refractivity contribution >= 4 is 0 Å². The summed E-state index contributed by atoms with van der Waals surface area (Å²) in [7, 11) is 0. The van der Waals surface area contributed by atoms with Crippen molar-refractivity contribution in [2.24, 2.45) is 29.4 Å². The third-order valence-electron chi connectivity index (χ3n) is 9.76. The number of rotatable bonds is 19. The molecule has 0 aromatic heterocycles. The number of ether oxygens (including phenoxy) is 4. The molecular weight excluding hydrogens is 498 g/mol. The summed E-state index contributed by atoms with van der Waals surface area (Å²) in [6.45, 7) is 12.4. The molecule has 2 aliphatic heterocycles. The van der Waals surface area contributed by atoms with Crippen LogP contribution in [-0.2, 0) is 18.9 Å². The minimum absolute atomic E-state index is 0.00280. The molecule has 1 aromatic rings. The predicted octanol–water partition coefficient (Wildman–Crippen LogP) is 8.81. The van der Waals surface area contributed by atoms with Gasteiger partial charge in [0.1, 0.15) is 6.10 Å². The zero-order valence-corrected chi connectivity index (χ0v) is 26.4. The molecule has 230 valence electrons. The van der Waals surface area contributed by atoms with E-state index in [1.807, 2.05) is 18.2 Å². The molecule has 0 amide bonds. The van der Waals surface area contributed by atoms with Crippen LogP contribution in [-0.4, -0.2) is 37.8 Å². The van der Waals surface area contributed by atoms with Gasteiger partial charge in [-0.2, -0.15) is 0 Å². The summed E-state index contributed by atoms with van der Waals surface area (Å²) in [5, 5.41) is 0. The van der Waals surface area contributed by atoms with Crippen LogP contribution in [0, 0.1) is 23.7 Å². The van der Waals surface area contributed by atoms with Gasteiger partial charge in [-0.05, 0) is 17.8 Å². The van der Waals surface area contributed by atoms with Crippen LogP contribution < -0.4 is 5.73 Å². The van der Waals surface area contributed by atoms with Crippen molar-refractivity contribution in [2.45, 2.75) is 149 Å². The van der Waals surface area contributed by atoms with Crippen LogP contribution in [0.4, 0.5) is 0 Å². The number of hydrogen-bond donors (Lipinski definition) is 1. The van der Waals surface area contributed by atoms with E-state index in [9.17, 15) is 0 Å². The van der Waals surface area contributed by atoms with Gasteiger partial charge in [-0.1, -0.05) is 148 Å². The van der Waals surface area contributed by atoms with Gasteiger partial charge in [0.05, 0.1) is 19.3 Å². The molecule has 2 saturated heterocycles. The molecule has 5 heteroatoms. The second-order valence-electron chi connectivity index (χ2n) is 12.9. The second-order valence-corrected chi connectivity index (χ2v) is 12.9. The van der Waals surface area contributed by atoms with Crippen molar-refractivity contribution in [3.63, 3.8) is 0 Å². The minimum atomic E-state index is -0.334. The zero-order valence-electron chi connectivity index (χ0n) is 26.4. The van der Waals surface area contributed by atoms with E-state index in [-0.39, 0.29) is 36.7 Å². The monoisotopic (exact) mass is 559 g/mol. The van der Waals surface area contributed by atoms with Crippen LogP contribution in [0.25, 0.3) is 0 Å². The Morgan fingerprint density at radius 3 is 2.05 bits per heavy atom. The van der Waals surface area contributed by atoms with Crippen LogP contribution in [0.15, 0.2) is 30.3 Å². The molecule has 3 unspecified atom stereocenters. The highest BCUT2D eigenvalue weighted by Crippen LogP contribution is 2.39. The summed E-state index contributed by atoms with van der Waals surface area (Å²) in [6.07, 6.45) is 17.3. The van der Waals surface area contributed by atoms with E-state index >= 15 is 0 Å². The Hall–Kier alpha value is -0.980. The molecule has 0 spiro atoms. The van der Waals surface area contributed by atoms with Gasteiger partial charge in [0.2, 0.25) is 0 Å². The van der Waals surface area contributed by atoms with Gasteiger partial charge in [-0.3, -0.25) is 0 Å². The Morgan fingerprint density at radius 2 is 1.43 bits per heavy atom. The SMILES string of the molecule is CCCCCCCCCCCCCC[C@@H](C)[C@@H](C)[C@@H](N)CO[C@H]1OC2COC(c3ccccc3)O[C@@H]2[C@H](C)C1C.